The minimum atomic E-state index is -0.259. The molecule has 2 heterocycles. The highest BCUT2D eigenvalue weighted by Crippen LogP contribution is 2.26. The summed E-state index contributed by atoms with van der Waals surface area (Å²) in [6.07, 6.45) is 2.11. The number of nitrogens with one attached hydrogen (secondary N) is 1. The Hall–Kier alpha value is -3.92. The molecule has 0 aliphatic carbocycles. The number of H-pyrrole nitrogens is 1. The van der Waals surface area contributed by atoms with Crippen LogP contribution in [0.5, 0.6) is 0 Å². The Kier molecular flexibility index (Phi) is 5.08. The number of rotatable bonds is 4. The lowest BCUT2D eigenvalue weighted by molar-refractivity contribution is -0.121. The molecule has 1 N–H and O–H groups in total. The van der Waals surface area contributed by atoms with Crippen molar-refractivity contribution in [1.29, 1.82) is 5.26 Å². The highest BCUT2D eigenvalue weighted by Gasteiger charge is 2.37. The summed E-state index contributed by atoms with van der Waals surface area (Å²) in [5, 5.41) is 16.0. The Morgan fingerprint density at radius 2 is 1.90 bits per heavy atom. The quantitative estimate of drug-likeness (QED) is 0.746. The number of benzene rings is 2. The molecular formula is C22H19N5O2. The maximum atomic E-state index is 13.0. The fraction of sp³-hybridized carbons (Fsp3) is 0.182. The number of aromatic nitrogens is 2. The summed E-state index contributed by atoms with van der Waals surface area (Å²) in [4.78, 5) is 29.2. The van der Waals surface area contributed by atoms with Crippen LogP contribution in [0.4, 0.5) is 5.69 Å². The minimum absolute atomic E-state index is 0.0604. The van der Waals surface area contributed by atoms with Crippen molar-refractivity contribution in [3.05, 3.63) is 83.7 Å². The molecule has 0 bridgehead atoms. The largest absolute Gasteiger partial charge is 0.323 e. The second-order valence-corrected chi connectivity index (χ2v) is 6.88. The van der Waals surface area contributed by atoms with Crippen molar-refractivity contribution in [3.63, 3.8) is 0 Å². The van der Waals surface area contributed by atoms with Gasteiger partial charge in [0.1, 0.15) is 18.3 Å². The number of anilines is 1. The number of nitrogens with zero attached hydrogens (tertiary/aromatic N) is 4. The van der Waals surface area contributed by atoms with Crippen molar-refractivity contribution in [3.8, 4) is 6.07 Å². The van der Waals surface area contributed by atoms with Crippen LogP contribution in [-0.4, -0.2) is 46.0 Å². The second kappa shape index (κ2) is 7.98. The second-order valence-electron chi connectivity index (χ2n) is 6.88. The topological polar surface area (TPSA) is 93.1 Å². The zero-order chi connectivity index (χ0) is 20.2. The molecule has 2 aromatic carbocycles. The molecule has 4 rings (SSSR count). The number of piperazine rings is 1. The van der Waals surface area contributed by atoms with Gasteiger partial charge in [0.2, 0.25) is 5.91 Å². The third-order valence-electron chi connectivity index (χ3n) is 5.06. The van der Waals surface area contributed by atoms with Gasteiger partial charge < -0.3 is 9.80 Å². The third kappa shape index (κ3) is 3.73. The number of para-hydroxylation sites is 1. The molecule has 29 heavy (non-hydrogen) atoms. The molecule has 144 valence electrons. The summed E-state index contributed by atoms with van der Waals surface area (Å²) in [5.74, 6) is -0.477. The molecular weight excluding hydrogens is 366 g/mol. The zero-order valence-corrected chi connectivity index (χ0v) is 15.7. The van der Waals surface area contributed by atoms with E-state index in [1.165, 1.54) is 6.20 Å². The van der Waals surface area contributed by atoms with Crippen LogP contribution in [0.2, 0.25) is 0 Å². The van der Waals surface area contributed by atoms with Gasteiger partial charge in [-0.2, -0.15) is 10.4 Å². The first-order valence-corrected chi connectivity index (χ1v) is 9.31. The van der Waals surface area contributed by atoms with Gasteiger partial charge in [0, 0.05) is 12.7 Å². The van der Waals surface area contributed by atoms with E-state index >= 15 is 0 Å². The maximum Gasteiger partial charge on any atom is 0.272 e. The average molecular weight is 385 g/mol. The van der Waals surface area contributed by atoms with Gasteiger partial charge >= 0.3 is 0 Å². The molecule has 0 saturated carbocycles. The highest BCUT2D eigenvalue weighted by molar-refractivity contribution is 6.02. The lowest BCUT2D eigenvalue weighted by atomic mass is 10.00. The van der Waals surface area contributed by atoms with Crippen molar-refractivity contribution >= 4 is 17.5 Å². The molecule has 1 aliphatic rings. The van der Waals surface area contributed by atoms with E-state index in [0.717, 1.165) is 5.56 Å². The Balaban J connectivity index is 1.67. The van der Waals surface area contributed by atoms with Crippen LogP contribution in [-0.2, 0) is 11.2 Å². The first-order valence-electron chi connectivity index (χ1n) is 9.31. The van der Waals surface area contributed by atoms with Crippen LogP contribution < -0.4 is 4.90 Å². The van der Waals surface area contributed by atoms with E-state index in [-0.39, 0.29) is 24.4 Å². The van der Waals surface area contributed by atoms with Crippen LogP contribution in [0.15, 0.2) is 66.9 Å². The van der Waals surface area contributed by atoms with Crippen molar-refractivity contribution < 1.29 is 9.59 Å². The van der Waals surface area contributed by atoms with E-state index in [1.807, 2.05) is 30.3 Å². The van der Waals surface area contributed by atoms with E-state index in [1.54, 1.807) is 40.1 Å². The standard InChI is InChI=1S/C22H19N5O2/c23-13-17-8-4-5-9-20(17)27-14-18(12-16-6-2-1-3-7-16)26(15-21(27)28)22(29)19-10-11-24-25-19/h1-11,18H,12,14-15H2,(H,24,25). The van der Waals surface area contributed by atoms with Gasteiger partial charge in [-0.1, -0.05) is 42.5 Å². The summed E-state index contributed by atoms with van der Waals surface area (Å²) in [5.41, 5.74) is 2.43. The lowest BCUT2D eigenvalue weighted by Crippen LogP contribution is -2.59. The van der Waals surface area contributed by atoms with Crippen LogP contribution in [0, 0.1) is 11.3 Å². The number of aromatic amines is 1. The lowest BCUT2D eigenvalue weighted by Gasteiger charge is -2.41. The number of hydrogen-bond acceptors (Lipinski definition) is 4. The van der Waals surface area contributed by atoms with Gasteiger partial charge in [0.15, 0.2) is 0 Å². The molecule has 2 amide bonds. The third-order valence-corrected chi connectivity index (χ3v) is 5.06. The molecule has 7 nitrogen and oxygen atoms in total. The smallest absolute Gasteiger partial charge is 0.272 e. The summed E-state index contributed by atoms with van der Waals surface area (Å²) >= 11 is 0. The summed E-state index contributed by atoms with van der Waals surface area (Å²) in [7, 11) is 0. The van der Waals surface area contributed by atoms with Crippen LogP contribution >= 0.6 is 0 Å². The van der Waals surface area contributed by atoms with Gasteiger partial charge in [0.25, 0.3) is 5.91 Å². The summed E-state index contributed by atoms with van der Waals surface area (Å²) in [6.45, 7) is 0.251. The molecule has 3 aromatic rings. The maximum absolute atomic E-state index is 13.0. The molecule has 1 unspecified atom stereocenters. The van der Waals surface area contributed by atoms with Gasteiger partial charge in [-0.05, 0) is 30.2 Å². The van der Waals surface area contributed by atoms with Crippen molar-refractivity contribution in [1.82, 2.24) is 15.1 Å². The molecule has 1 atom stereocenters. The Morgan fingerprint density at radius 1 is 1.14 bits per heavy atom. The van der Waals surface area contributed by atoms with Crippen molar-refractivity contribution in [2.45, 2.75) is 12.5 Å². The number of nitriles is 1. The zero-order valence-electron chi connectivity index (χ0n) is 15.7. The van der Waals surface area contributed by atoms with Crippen LogP contribution in [0.25, 0.3) is 0 Å². The molecule has 0 spiro atoms. The Labute approximate surface area is 168 Å². The Morgan fingerprint density at radius 3 is 2.62 bits per heavy atom. The monoisotopic (exact) mass is 385 g/mol. The predicted molar refractivity (Wildman–Crippen MR) is 107 cm³/mol. The number of amides is 2. The number of carbonyl (C=O) groups excluding carboxylic acids is 2. The van der Waals surface area contributed by atoms with Crippen molar-refractivity contribution in [2.75, 3.05) is 18.0 Å². The summed E-state index contributed by atoms with van der Waals surface area (Å²) in [6, 6.07) is 20.4. The SMILES string of the molecule is N#Cc1ccccc1N1CC(Cc2ccccc2)N(C(=O)c2ccn[nH]2)CC1=O. The first-order chi connectivity index (χ1) is 14.2. The van der Waals surface area contributed by atoms with Gasteiger partial charge in [0.05, 0.1) is 17.3 Å². The molecule has 1 aliphatic heterocycles. The predicted octanol–water partition coefficient (Wildman–Crippen LogP) is 2.38. The molecule has 1 aromatic heterocycles. The van der Waals surface area contributed by atoms with Crippen LogP contribution in [0.1, 0.15) is 21.6 Å². The number of hydrogen-bond donors (Lipinski definition) is 1. The first kappa shape index (κ1) is 18.4. The van der Waals surface area contributed by atoms with Gasteiger partial charge in [-0.25, -0.2) is 0 Å². The minimum Gasteiger partial charge on any atom is -0.323 e. The van der Waals surface area contributed by atoms with E-state index in [0.29, 0.717) is 29.9 Å². The van der Waals surface area contributed by atoms with Crippen molar-refractivity contribution in [2.24, 2.45) is 0 Å². The molecule has 0 radical (unpaired) electrons. The fourth-order valence-electron chi connectivity index (χ4n) is 3.64. The molecule has 1 saturated heterocycles. The molecule has 1 fully saturated rings. The number of carbonyl (C=O) groups is 2. The normalized spacial score (nSPS) is 16.5. The Bertz CT molecular complexity index is 1060. The van der Waals surface area contributed by atoms with E-state index in [2.05, 4.69) is 16.3 Å². The van der Waals surface area contributed by atoms with Crippen LogP contribution in [0.3, 0.4) is 0 Å². The highest BCUT2D eigenvalue weighted by atomic mass is 16.2. The van der Waals surface area contributed by atoms with Gasteiger partial charge in [-0.15, -0.1) is 0 Å². The average Bonchev–Trinajstić information content (AvgIpc) is 3.30. The summed E-state index contributed by atoms with van der Waals surface area (Å²) < 4.78 is 0. The van der Waals surface area contributed by atoms with E-state index in [4.69, 9.17) is 0 Å². The van der Waals surface area contributed by atoms with E-state index in [9.17, 15) is 14.9 Å². The molecule has 7 heteroatoms. The fourth-order valence-corrected chi connectivity index (χ4v) is 3.64. The van der Waals surface area contributed by atoms with E-state index < -0.39 is 0 Å². The van der Waals surface area contributed by atoms with Gasteiger partial charge in [-0.3, -0.25) is 14.7 Å².